The van der Waals surface area contributed by atoms with E-state index >= 15 is 0 Å². The fourth-order valence-corrected chi connectivity index (χ4v) is 2.45. The number of benzene rings is 2. The van der Waals surface area contributed by atoms with E-state index in [1.807, 2.05) is 12.1 Å². The Labute approximate surface area is 147 Å². The summed E-state index contributed by atoms with van der Waals surface area (Å²) in [5.74, 6) is -1.41. The van der Waals surface area contributed by atoms with E-state index in [0.29, 0.717) is 11.5 Å². The summed E-state index contributed by atoms with van der Waals surface area (Å²) >= 11 is 0. The minimum Gasteiger partial charge on any atom is -0.497 e. The number of carbonyl (C=O) groups is 2. The fourth-order valence-electron chi connectivity index (χ4n) is 2.45. The van der Waals surface area contributed by atoms with Crippen LogP contribution >= 0.6 is 0 Å². The zero-order chi connectivity index (χ0) is 18.4. The Morgan fingerprint density at radius 3 is 2.00 bits per heavy atom. The Morgan fingerprint density at radius 1 is 0.960 bits per heavy atom. The minimum absolute atomic E-state index is 0.0662. The maximum atomic E-state index is 12.4. The van der Waals surface area contributed by atoms with Crippen LogP contribution < -0.4 is 10.5 Å². The molecule has 0 spiro atoms. The second-order valence-corrected chi connectivity index (χ2v) is 6.11. The highest BCUT2D eigenvalue weighted by Gasteiger charge is 2.28. The molecule has 0 radical (unpaired) electrons. The molecule has 2 N–H and O–H groups in total. The van der Waals surface area contributed by atoms with Crippen molar-refractivity contribution in [3.8, 4) is 5.75 Å². The zero-order valence-electron chi connectivity index (χ0n) is 14.7. The lowest BCUT2D eigenvalue weighted by molar-refractivity contribution is -0.149. The molecule has 2 aromatic carbocycles. The van der Waals surface area contributed by atoms with Crippen LogP contribution in [-0.2, 0) is 20.9 Å². The first-order valence-electron chi connectivity index (χ1n) is 8.11. The molecular formula is C20H23NO4. The highest BCUT2D eigenvalue weighted by atomic mass is 16.5. The molecule has 1 unspecified atom stereocenters. The quantitative estimate of drug-likeness (QED) is 0.620. The molecular weight excluding hydrogens is 318 g/mol. The van der Waals surface area contributed by atoms with E-state index in [4.69, 9.17) is 15.2 Å². The van der Waals surface area contributed by atoms with Crippen molar-refractivity contribution in [2.45, 2.75) is 32.3 Å². The second-order valence-electron chi connectivity index (χ2n) is 6.11. The molecule has 0 aliphatic carbocycles. The van der Waals surface area contributed by atoms with Gasteiger partial charge in [0, 0.05) is 0 Å². The lowest BCUT2D eigenvalue weighted by Crippen LogP contribution is -2.29. The minimum atomic E-state index is -1.11. The molecule has 1 amide bonds. The SMILES string of the molecule is COc1ccc(COC(=O)C(C(N)=O)c2ccc(C(C)C)cc2)cc1. The lowest BCUT2D eigenvalue weighted by atomic mass is 9.95. The third-order valence-corrected chi connectivity index (χ3v) is 4.00. The molecule has 5 heteroatoms. The van der Waals surface area contributed by atoms with Crippen LogP contribution in [0.25, 0.3) is 0 Å². The molecule has 25 heavy (non-hydrogen) atoms. The van der Waals surface area contributed by atoms with Crippen LogP contribution in [0.15, 0.2) is 48.5 Å². The Hall–Kier alpha value is -2.82. The van der Waals surface area contributed by atoms with Crippen molar-refractivity contribution < 1.29 is 19.1 Å². The van der Waals surface area contributed by atoms with Gasteiger partial charge in [-0.15, -0.1) is 0 Å². The van der Waals surface area contributed by atoms with Crippen LogP contribution in [0.4, 0.5) is 0 Å². The first-order chi connectivity index (χ1) is 11.9. The highest BCUT2D eigenvalue weighted by Crippen LogP contribution is 2.22. The molecule has 0 aliphatic rings. The van der Waals surface area contributed by atoms with Gasteiger partial charge < -0.3 is 15.2 Å². The number of methoxy groups -OCH3 is 1. The van der Waals surface area contributed by atoms with Crippen molar-refractivity contribution in [1.82, 2.24) is 0 Å². The molecule has 132 valence electrons. The van der Waals surface area contributed by atoms with Crippen molar-refractivity contribution in [3.05, 3.63) is 65.2 Å². The van der Waals surface area contributed by atoms with E-state index in [-0.39, 0.29) is 6.61 Å². The van der Waals surface area contributed by atoms with Crippen LogP contribution in [0.3, 0.4) is 0 Å². The van der Waals surface area contributed by atoms with E-state index in [2.05, 4.69) is 13.8 Å². The largest absolute Gasteiger partial charge is 0.497 e. The molecule has 0 saturated heterocycles. The molecule has 0 aromatic heterocycles. The summed E-state index contributed by atoms with van der Waals surface area (Å²) in [6, 6.07) is 14.4. The Bertz CT molecular complexity index is 720. The molecule has 2 rings (SSSR count). The topological polar surface area (TPSA) is 78.6 Å². The Morgan fingerprint density at radius 2 is 1.52 bits per heavy atom. The summed E-state index contributed by atoms with van der Waals surface area (Å²) in [5.41, 5.74) is 7.88. The average molecular weight is 341 g/mol. The van der Waals surface area contributed by atoms with Crippen molar-refractivity contribution in [2.75, 3.05) is 7.11 Å². The number of rotatable bonds is 7. The molecule has 0 aliphatic heterocycles. The number of hydrogen-bond acceptors (Lipinski definition) is 4. The van der Waals surface area contributed by atoms with Gasteiger partial charge in [0.15, 0.2) is 5.92 Å². The molecule has 5 nitrogen and oxygen atoms in total. The van der Waals surface area contributed by atoms with E-state index in [9.17, 15) is 9.59 Å². The van der Waals surface area contributed by atoms with Gasteiger partial charge in [0.25, 0.3) is 0 Å². The summed E-state index contributed by atoms with van der Waals surface area (Å²) in [4.78, 5) is 24.1. The van der Waals surface area contributed by atoms with Gasteiger partial charge in [0.05, 0.1) is 7.11 Å². The van der Waals surface area contributed by atoms with E-state index in [0.717, 1.165) is 16.9 Å². The molecule has 0 fully saturated rings. The highest BCUT2D eigenvalue weighted by molar-refractivity contribution is 6.02. The summed E-state index contributed by atoms with van der Waals surface area (Å²) in [5, 5.41) is 0. The fraction of sp³-hybridized carbons (Fsp3) is 0.300. The summed E-state index contributed by atoms with van der Waals surface area (Å²) < 4.78 is 10.4. The van der Waals surface area contributed by atoms with Crippen molar-refractivity contribution >= 4 is 11.9 Å². The number of amides is 1. The van der Waals surface area contributed by atoms with E-state index < -0.39 is 17.8 Å². The van der Waals surface area contributed by atoms with E-state index in [1.165, 1.54) is 0 Å². The standard InChI is InChI=1S/C20H23NO4/c1-13(2)15-6-8-16(9-7-15)18(19(21)22)20(23)25-12-14-4-10-17(24-3)11-5-14/h4-11,13,18H,12H2,1-3H3,(H2,21,22). The monoisotopic (exact) mass is 341 g/mol. The molecule has 0 saturated carbocycles. The van der Waals surface area contributed by atoms with Gasteiger partial charge in [0.2, 0.25) is 5.91 Å². The van der Waals surface area contributed by atoms with Gasteiger partial charge in [-0.25, -0.2) is 0 Å². The predicted octanol–water partition coefficient (Wildman–Crippen LogP) is 3.13. The van der Waals surface area contributed by atoms with Crippen molar-refractivity contribution in [3.63, 3.8) is 0 Å². The maximum Gasteiger partial charge on any atom is 0.323 e. The predicted molar refractivity (Wildman–Crippen MR) is 95.3 cm³/mol. The van der Waals surface area contributed by atoms with Crippen LogP contribution in [0.2, 0.25) is 0 Å². The molecule has 0 heterocycles. The van der Waals surface area contributed by atoms with Gasteiger partial charge in [-0.2, -0.15) is 0 Å². The van der Waals surface area contributed by atoms with Crippen LogP contribution in [0.1, 0.15) is 42.4 Å². The van der Waals surface area contributed by atoms with Crippen molar-refractivity contribution in [2.24, 2.45) is 5.73 Å². The molecule has 0 bridgehead atoms. The van der Waals surface area contributed by atoms with Gasteiger partial charge in [-0.3, -0.25) is 9.59 Å². The lowest BCUT2D eigenvalue weighted by Gasteiger charge is -2.15. The number of hydrogen-bond donors (Lipinski definition) is 1. The summed E-state index contributed by atoms with van der Waals surface area (Å²) in [6.45, 7) is 4.21. The first kappa shape index (κ1) is 18.5. The number of carbonyl (C=O) groups excluding carboxylic acids is 2. The average Bonchev–Trinajstić information content (AvgIpc) is 2.60. The van der Waals surface area contributed by atoms with Gasteiger partial charge in [-0.1, -0.05) is 50.2 Å². The van der Waals surface area contributed by atoms with E-state index in [1.54, 1.807) is 43.5 Å². The Kier molecular flexibility index (Phi) is 6.17. The summed E-state index contributed by atoms with van der Waals surface area (Å²) in [6.07, 6.45) is 0. The smallest absolute Gasteiger partial charge is 0.323 e. The van der Waals surface area contributed by atoms with Crippen LogP contribution in [0, 0.1) is 0 Å². The first-order valence-corrected chi connectivity index (χ1v) is 8.11. The van der Waals surface area contributed by atoms with Crippen LogP contribution in [-0.4, -0.2) is 19.0 Å². The molecule has 1 atom stereocenters. The third kappa shape index (κ3) is 4.83. The summed E-state index contributed by atoms with van der Waals surface area (Å²) in [7, 11) is 1.58. The number of esters is 1. The third-order valence-electron chi connectivity index (χ3n) is 4.00. The van der Waals surface area contributed by atoms with Gasteiger partial charge in [-0.05, 0) is 34.7 Å². The number of ether oxygens (including phenoxy) is 2. The second kappa shape index (κ2) is 8.33. The molecule has 2 aromatic rings. The Balaban J connectivity index is 2.08. The number of primary amides is 1. The van der Waals surface area contributed by atoms with Crippen molar-refractivity contribution in [1.29, 1.82) is 0 Å². The number of nitrogens with two attached hydrogens (primary N) is 1. The van der Waals surface area contributed by atoms with Crippen LogP contribution in [0.5, 0.6) is 5.75 Å². The zero-order valence-corrected chi connectivity index (χ0v) is 14.7. The van der Waals surface area contributed by atoms with Gasteiger partial charge in [0.1, 0.15) is 12.4 Å². The normalized spacial score (nSPS) is 11.8. The van der Waals surface area contributed by atoms with Gasteiger partial charge >= 0.3 is 5.97 Å². The maximum absolute atomic E-state index is 12.4.